The van der Waals surface area contributed by atoms with E-state index < -0.39 is 10.3 Å². The van der Waals surface area contributed by atoms with Crippen LogP contribution in [0.1, 0.15) is 20.3 Å². The summed E-state index contributed by atoms with van der Waals surface area (Å²) in [5.41, 5.74) is -0.249. The molecule has 3 unspecified atom stereocenters. The number of nitrogens with zero attached hydrogens (tertiary/aromatic N) is 1. The molecule has 2 saturated carbocycles. The first-order chi connectivity index (χ1) is 7.27. The van der Waals surface area contributed by atoms with Crippen molar-refractivity contribution in [1.82, 2.24) is 0 Å². The Bertz CT molecular complexity index is 354. The summed E-state index contributed by atoms with van der Waals surface area (Å²) < 4.78 is -0.817. The fourth-order valence-electron chi connectivity index (χ4n) is 1.90. The predicted molar refractivity (Wildman–Crippen MR) is 60.8 cm³/mol. The summed E-state index contributed by atoms with van der Waals surface area (Å²) in [7, 11) is 0. The summed E-state index contributed by atoms with van der Waals surface area (Å²) >= 11 is 11.5. The number of hydrogen-bond donors (Lipinski definition) is 1. The first-order valence-electron chi connectivity index (χ1n) is 5.07. The van der Waals surface area contributed by atoms with Gasteiger partial charge in [0.05, 0.1) is 5.92 Å². The van der Waals surface area contributed by atoms with E-state index >= 15 is 0 Å². The lowest BCUT2D eigenvalue weighted by molar-refractivity contribution is -0.139. The Labute approximate surface area is 104 Å². The molecule has 0 heterocycles. The first kappa shape index (κ1) is 12.0. The average molecular weight is 266 g/mol. The van der Waals surface area contributed by atoms with E-state index in [0.29, 0.717) is 6.42 Å². The molecule has 3 atom stereocenters. The normalized spacial score (nSPS) is 38.4. The Morgan fingerprint density at radius 1 is 1.56 bits per heavy atom. The van der Waals surface area contributed by atoms with Crippen LogP contribution in [0.2, 0.25) is 0 Å². The van der Waals surface area contributed by atoms with Gasteiger partial charge in [0.15, 0.2) is 10.4 Å². The third-order valence-corrected chi connectivity index (χ3v) is 4.15. The third-order valence-electron chi connectivity index (χ3n) is 3.35. The van der Waals surface area contributed by atoms with Crippen molar-refractivity contribution >= 4 is 35.4 Å². The van der Waals surface area contributed by atoms with Crippen molar-refractivity contribution in [1.29, 1.82) is 0 Å². The van der Waals surface area contributed by atoms with Crippen molar-refractivity contribution in [3.8, 4) is 0 Å². The molecule has 4 nitrogen and oxygen atoms in total. The van der Waals surface area contributed by atoms with Crippen molar-refractivity contribution in [3.63, 3.8) is 0 Å². The molecule has 0 aromatic carbocycles. The fraction of sp³-hybridized carbons (Fsp3) is 0.800. The first-order valence-corrected chi connectivity index (χ1v) is 5.82. The number of hydrogen-bond acceptors (Lipinski definition) is 3. The second kappa shape index (κ2) is 3.50. The zero-order valence-electron chi connectivity index (χ0n) is 8.98. The zero-order valence-corrected chi connectivity index (χ0v) is 10.5. The van der Waals surface area contributed by atoms with Crippen LogP contribution < -0.4 is 0 Å². The van der Waals surface area contributed by atoms with E-state index in [1.54, 1.807) is 6.21 Å². The van der Waals surface area contributed by atoms with Crippen LogP contribution in [0.15, 0.2) is 5.16 Å². The maximum atomic E-state index is 10.9. The monoisotopic (exact) mass is 265 g/mol. The summed E-state index contributed by atoms with van der Waals surface area (Å²) in [5, 5.41) is 12.7. The molecule has 2 fully saturated rings. The average Bonchev–Trinajstić information content (AvgIpc) is 2.88. The molecule has 6 heteroatoms. The number of aliphatic carboxylic acids is 1. The number of carboxylic acid groups (broad SMARTS) is 1. The van der Waals surface area contributed by atoms with Gasteiger partial charge in [-0.1, -0.05) is 42.2 Å². The molecule has 0 aliphatic heterocycles. The standard InChI is InChI=1S/C10H13Cl2NO3/c1-9(2)5(7(9)8(14)15)4-13-16-6-3-10(6,11)12/h4-7H,3H2,1-2H3,(H,14,15). The summed E-state index contributed by atoms with van der Waals surface area (Å²) in [6, 6.07) is 0. The van der Waals surface area contributed by atoms with Crippen LogP contribution in [0, 0.1) is 17.3 Å². The number of carbonyl (C=O) groups is 1. The van der Waals surface area contributed by atoms with Gasteiger partial charge >= 0.3 is 5.97 Å². The van der Waals surface area contributed by atoms with Crippen LogP contribution in [-0.4, -0.2) is 27.7 Å². The maximum Gasteiger partial charge on any atom is 0.307 e. The highest BCUT2D eigenvalue weighted by Gasteiger charge is 2.61. The molecular weight excluding hydrogens is 253 g/mol. The Morgan fingerprint density at radius 2 is 2.12 bits per heavy atom. The topological polar surface area (TPSA) is 58.9 Å². The van der Waals surface area contributed by atoms with Gasteiger partial charge in [0, 0.05) is 18.6 Å². The predicted octanol–water partition coefficient (Wildman–Crippen LogP) is 2.29. The van der Waals surface area contributed by atoms with E-state index in [-0.39, 0.29) is 23.4 Å². The van der Waals surface area contributed by atoms with Gasteiger partial charge in [0.2, 0.25) is 0 Å². The van der Waals surface area contributed by atoms with Gasteiger partial charge in [0.1, 0.15) is 0 Å². The van der Waals surface area contributed by atoms with Crippen LogP contribution >= 0.6 is 23.2 Å². The molecule has 1 N–H and O–H groups in total. The van der Waals surface area contributed by atoms with Gasteiger partial charge in [0.25, 0.3) is 0 Å². The van der Waals surface area contributed by atoms with Crippen LogP contribution in [-0.2, 0) is 9.63 Å². The van der Waals surface area contributed by atoms with Gasteiger partial charge in [-0.3, -0.25) is 4.79 Å². The highest BCUT2D eigenvalue weighted by molar-refractivity contribution is 6.51. The molecule has 2 rings (SSSR count). The highest BCUT2D eigenvalue weighted by atomic mass is 35.5. The molecule has 0 radical (unpaired) electrons. The largest absolute Gasteiger partial charge is 0.481 e. The van der Waals surface area contributed by atoms with E-state index in [1.807, 2.05) is 13.8 Å². The molecular formula is C10H13Cl2NO3. The van der Waals surface area contributed by atoms with Crippen LogP contribution in [0.4, 0.5) is 0 Å². The van der Waals surface area contributed by atoms with Gasteiger partial charge in [-0.2, -0.15) is 0 Å². The van der Waals surface area contributed by atoms with E-state index in [2.05, 4.69) is 5.16 Å². The Hall–Kier alpha value is -0.480. The quantitative estimate of drug-likeness (QED) is 0.482. The lowest BCUT2D eigenvalue weighted by Gasteiger charge is -1.98. The lowest BCUT2D eigenvalue weighted by atomic mass is 10.1. The zero-order chi connectivity index (χ0) is 12.1. The molecule has 16 heavy (non-hydrogen) atoms. The summed E-state index contributed by atoms with van der Waals surface area (Å²) in [4.78, 5) is 15.9. The van der Waals surface area contributed by atoms with Crippen molar-refractivity contribution in [2.24, 2.45) is 22.4 Å². The molecule has 0 saturated heterocycles. The van der Waals surface area contributed by atoms with Crippen molar-refractivity contribution in [3.05, 3.63) is 0 Å². The Balaban J connectivity index is 1.83. The van der Waals surface area contributed by atoms with Gasteiger partial charge in [-0.15, -0.1) is 0 Å². The summed E-state index contributed by atoms with van der Waals surface area (Å²) in [6.45, 7) is 3.79. The minimum atomic E-state index is -0.817. The molecule has 2 aliphatic carbocycles. The highest BCUT2D eigenvalue weighted by Crippen LogP contribution is 2.57. The van der Waals surface area contributed by atoms with Gasteiger partial charge < -0.3 is 9.94 Å². The number of halogens is 2. The number of carboxylic acids is 1. The molecule has 0 spiro atoms. The van der Waals surface area contributed by atoms with Crippen LogP contribution in [0.5, 0.6) is 0 Å². The van der Waals surface area contributed by atoms with Crippen LogP contribution in [0.3, 0.4) is 0 Å². The smallest absolute Gasteiger partial charge is 0.307 e. The van der Waals surface area contributed by atoms with Crippen LogP contribution in [0.25, 0.3) is 0 Å². The Morgan fingerprint density at radius 3 is 2.50 bits per heavy atom. The minimum Gasteiger partial charge on any atom is -0.481 e. The number of alkyl halides is 2. The van der Waals surface area contributed by atoms with E-state index in [9.17, 15) is 4.79 Å². The maximum absolute atomic E-state index is 10.9. The minimum absolute atomic E-state index is 0.0798. The Kier molecular flexibility index (Phi) is 2.63. The SMILES string of the molecule is CC1(C)C(C=NOC2CC2(Cl)Cl)C1C(=O)O. The summed E-state index contributed by atoms with van der Waals surface area (Å²) in [6.07, 6.45) is 1.84. The summed E-state index contributed by atoms with van der Waals surface area (Å²) in [5.74, 6) is -1.25. The van der Waals surface area contributed by atoms with E-state index in [4.69, 9.17) is 33.1 Å². The molecule has 0 aromatic heterocycles. The number of rotatable bonds is 4. The third kappa shape index (κ3) is 2.00. The molecule has 2 aliphatic rings. The van der Waals surface area contributed by atoms with E-state index in [0.717, 1.165) is 0 Å². The van der Waals surface area contributed by atoms with Crippen molar-refractivity contribution in [2.45, 2.75) is 30.7 Å². The van der Waals surface area contributed by atoms with Crippen molar-refractivity contribution in [2.75, 3.05) is 0 Å². The second-order valence-corrected chi connectivity index (χ2v) is 6.52. The van der Waals surface area contributed by atoms with E-state index in [1.165, 1.54) is 0 Å². The van der Waals surface area contributed by atoms with Gasteiger partial charge in [-0.25, -0.2) is 0 Å². The lowest BCUT2D eigenvalue weighted by Crippen LogP contribution is -2.03. The molecule has 0 amide bonds. The number of oxime groups is 1. The second-order valence-electron chi connectivity index (χ2n) is 4.98. The molecule has 0 bridgehead atoms. The fourth-order valence-corrected chi connectivity index (χ4v) is 2.26. The molecule has 90 valence electrons. The molecule has 0 aromatic rings. The van der Waals surface area contributed by atoms with Crippen molar-refractivity contribution < 1.29 is 14.7 Å². The van der Waals surface area contributed by atoms with Gasteiger partial charge in [-0.05, 0) is 5.41 Å².